The topological polar surface area (TPSA) is 63.8 Å². The van der Waals surface area contributed by atoms with Crippen LogP contribution in [0.2, 0.25) is 0 Å². The van der Waals surface area contributed by atoms with Crippen LogP contribution in [0.5, 0.6) is 5.75 Å². The van der Waals surface area contributed by atoms with Gasteiger partial charge in [-0.15, -0.1) is 0 Å². The third-order valence-corrected chi connectivity index (χ3v) is 5.07. The Morgan fingerprint density at radius 1 is 1.26 bits per heavy atom. The largest absolute Gasteiger partial charge is 0.482 e. The fraction of sp³-hybridized carbons (Fsp3) is 0.200. The molecule has 2 aromatic rings. The van der Waals surface area contributed by atoms with Gasteiger partial charge in [-0.2, -0.15) is 5.10 Å². The van der Waals surface area contributed by atoms with Gasteiger partial charge in [0.2, 0.25) is 0 Å². The van der Waals surface area contributed by atoms with Crippen LogP contribution in [0.4, 0.5) is 0 Å². The zero-order valence-corrected chi connectivity index (χ0v) is 17.1. The summed E-state index contributed by atoms with van der Waals surface area (Å²) in [5, 5.41) is 3.82. The monoisotopic (exact) mass is 506 g/mol. The van der Waals surface area contributed by atoms with Crippen molar-refractivity contribution in [3.8, 4) is 5.75 Å². The Kier molecular flexibility index (Phi) is 6.43. The highest BCUT2D eigenvalue weighted by Crippen LogP contribution is 2.30. The number of rotatable bonds is 5. The van der Waals surface area contributed by atoms with E-state index in [2.05, 4.69) is 58.3 Å². The maximum Gasteiger partial charge on any atom is 0.277 e. The minimum absolute atomic E-state index is 0.134. The molecule has 2 rings (SSSR count). The van der Waals surface area contributed by atoms with Crippen molar-refractivity contribution in [2.45, 2.75) is 13.8 Å². The number of nitrogens with one attached hydrogen (secondary N) is 1. The normalized spacial score (nSPS) is 11.0. The van der Waals surface area contributed by atoms with Crippen LogP contribution < -0.4 is 10.2 Å². The average Bonchev–Trinajstić information content (AvgIpc) is 2.76. The molecule has 0 aliphatic heterocycles. The van der Waals surface area contributed by atoms with Crippen molar-refractivity contribution in [3.05, 3.63) is 48.7 Å². The summed E-state index contributed by atoms with van der Waals surface area (Å²) in [6.45, 7) is 3.79. The Morgan fingerprint density at radius 3 is 2.61 bits per heavy atom. The van der Waals surface area contributed by atoms with E-state index in [1.54, 1.807) is 6.07 Å². The summed E-state index contributed by atoms with van der Waals surface area (Å²) in [4.78, 5) is 11.8. The molecule has 0 fully saturated rings. The first-order valence-electron chi connectivity index (χ1n) is 6.53. The van der Waals surface area contributed by atoms with Crippen molar-refractivity contribution in [3.63, 3.8) is 0 Å². The maximum atomic E-state index is 11.8. The van der Waals surface area contributed by atoms with Gasteiger partial charge in [-0.1, -0.05) is 6.07 Å². The molecule has 0 spiro atoms. The number of ether oxygens (including phenoxy) is 1. The first-order valence-corrected chi connectivity index (χ1v) is 8.91. The minimum atomic E-state index is -0.363. The first kappa shape index (κ1) is 18.2. The Labute approximate surface area is 158 Å². The number of amides is 1. The van der Waals surface area contributed by atoms with Crippen LogP contribution >= 0.6 is 47.8 Å². The van der Waals surface area contributed by atoms with Crippen molar-refractivity contribution in [2.24, 2.45) is 5.10 Å². The fourth-order valence-electron chi connectivity index (χ4n) is 1.85. The van der Waals surface area contributed by atoms with E-state index in [9.17, 15) is 4.79 Å². The van der Waals surface area contributed by atoms with Crippen molar-refractivity contribution < 1.29 is 13.9 Å². The zero-order chi connectivity index (χ0) is 17.0. The van der Waals surface area contributed by atoms with Gasteiger partial charge in [0.15, 0.2) is 11.3 Å². The summed E-state index contributed by atoms with van der Waals surface area (Å²) >= 11 is 9.94. The highest BCUT2D eigenvalue weighted by molar-refractivity contribution is 9.13. The van der Waals surface area contributed by atoms with Crippen molar-refractivity contribution in [1.82, 2.24) is 5.43 Å². The standard InChI is InChI=1S/C15H13Br3N2O3/c1-8-3-9(2)14(11(16)4-8)22-7-13(21)20-19-6-10-5-12(17)15(18)23-10/h3-6H,7H2,1-2H3,(H,20,21)/b19-6-. The number of hydrazone groups is 1. The number of aryl methyl sites for hydroxylation is 2. The van der Waals surface area contributed by atoms with Crippen molar-refractivity contribution >= 4 is 59.9 Å². The molecule has 0 unspecified atom stereocenters. The number of carbonyl (C=O) groups excluding carboxylic acids is 1. The van der Waals surface area contributed by atoms with E-state index in [1.165, 1.54) is 6.21 Å². The minimum Gasteiger partial charge on any atom is -0.482 e. The second-order valence-corrected chi connectivity index (χ2v) is 7.17. The van der Waals surface area contributed by atoms with Gasteiger partial charge in [-0.3, -0.25) is 4.79 Å². The van der Waals surface area contributed by atoms with Gasteiger partial charge in [0.05, 0.1) is 15.2 Å². The van der Waals surface area contributed by atoms with Gasteiger partial charge >= 0.3 is 0 Å². The van der Waals surface area contributed by atoms with E-state index >= 15 is 0 Å². The Morgan fingerprint density at radius 2 is 2.00 bits per heavy atom. The number of hydrogen-bond acceptors (Lipinski definition) is 4. The van der Waals surface area contributed by atoms with E-state index in [0.29, 0.717) is 16.2 Å². The van der Waals surface area contributed by atoms with Gasteiger partial charge < -0.3 is 9.15 Å². The summed E-state index contributed by atoms with van der Waals surface area (Å²) in [7, 11) is 0. The molecule has 5 nitrogen and oxygen atoms in total. The molecule has 0 bridgehead atoms. The Bertz CT molecular complexity index is 714. The molecule has 0 radical (unpaired) electrons. The van der Waals surface area contributed by atoms with Gasteiger partial charge in [-0.25, -0.2) is 5.43 Å². The fourth-order valence-corrected chi connectivity index (χ4v) is 3.25. The molecule has 1 amide bonds. The molecule has 1 aromatic carbocycles. The number of furan rings is 1. The molecule has 0 saturated heterocycles. The second kappa shape index (κ2) is 8.12. The maximum absolute atomic E-state index is 11.8. The predicted octanol–water partition coefficient (Wildman–Crippen LogP) is 4.71. The van der Waals surface area contributed by atoms with Crippen molar-refractivity contribution in [2.75, 3.05) is 6.61 Å². The smallest absolute Gasteiger partial charge is 0.277 e. The molecule has 0 aliphatic rings. The number of nitrogens with zero attached hydrogens (tertiary/aromatic N) is 1. The van der Waals surface area contributed by atoms with E-state index in [1.807, 2.05) is 26.0 Å². The molecular weight excluding hydrogens is 496 g/mol. The van der Waals surface area contributed by atoms with E-state index in [4.69, 9.17) is 9.15 Å². The summed E-state index contributed by atoms with van der Waals surface area (Å²) in [6, 6.07) is 5.65. The molecule has 8 heteroatoms. The quantitative estimate of drug-likeness (QED) is 0.470. The molecule has 0 aliphatic carbocycles. The third-order valence-electron chi connectivity index (χ3n) is 2.77. The van der Waals surface area contributed by atoms with Crippen LogP contribution in [0.15, 0.2) is 41.3 Å². The summed E-state index contributed by atoms with van der Waals surface area (Å²) in [5.74, 6) is 0.786. The van der Waals surface area contributed by atoms with Gasteiger partial charge in [0.25, 0.3) is 5.91 Å². The van der Waals surface area contributed by atoms with E-state index in [0.717, 1.165) is 20.1 Å². The average molecular weight is 509 g/mol. The molecule has 1 heterocycles. The van der Waals surface area contributed by atoms with Gasteiger partial charge in [0, 0.05) is 6.07 Å². The molecular formula is C15H13Br3N2O3. The van der Waals surface area contributed by atoms with E-state index < -0.39 is 0 Å². The number of carbonyl (C=O) groups is 1. The number of benzene rings is 1. The molecule has 122 valence electrons. The molecule has 1 N–H and O–H groups in total. The molecule has 0 atom stereocenters. The van der Waals surface area contributed by atoms with Crippen LogP contribution in [0.25, 0.3) is 0 Å². The zero-order valence-electron chi connectivity index (χ0n) is 12.3. The van der Waals surface area contributed by atoms with Crippen LogP contribution in [0.1, 0.15) is 16.9 Å². The number of halogens is 3. The van der Waals surface area contributed by atoms with Crippen LogP contribution in [0, 0.1) is 13.8 Å². The summed E-state index contributed by atoms with van der Waals surface area (Å²) in [5.41, 5.74) is 4.45. The van der Waals surface area contributed by atoms with Crippen LogP contribution in [-0.2, 0) is 4.79 Å². The Hall–Kier alpha value is -1.12. The lowest BCUT2D eigenvalue weighted by atomic mass is 10.1. The molecule has 23 heavy (non-hydrogen) atoms. The van der Waals surface area contributed by atoms with E-state index in [-0.39, 0.29) is 12.5 Å². The summed E-state index contributed by atoms with van der Waals surface area (Å²) in [6.07, 6.45) is 1.40. The summed E-state index contributed by atoms with van der Waals surface area (Å²) < 4.78 is 13.0. The highest BCUT2D eigenvalue weighted by atomic mass is 79.9. The predicted molar refractivity (Wildman–Crippen MR) is 99.0 cm³/mol. The van der Waals surface area contributed by atoms with Crippen LogP contribution in [0.3, 0.4) is 0 Å². The lowest BCUT2D eigenvalue weighted by molar-refractivity contribution is -0.123. The molecule has 0 saturated carbocycles. The second-order valence-electron chi connectivity index (χ2n) is 4.75. The highest BCUT2D eigenvalue weighted by Gasteiger charge is 2.09. The Balaban J connectivity index is 1.88. The number of hydrogen-bond donors (Lipinski definition) is 1. The van der Waals surface area contributed by atoms with Gasteiger partial charge in [0.1, 0.15) is 11.5 Å². The lowest BCUT2D eigenvalue weighted by Crippen LogP contribution is -2.24. The van der Waals surface area contributed by atoms with Crippen LogP contribution in [-0.4, -0.2) is 18.7 Å². The van der Waals surface area contributed by atoms with Gasteiger partial charge in [-0.05, 0) is 78.8 Å². The lowest BCUT2D eigenvalue weighted by Gasteiger charge is -2.11. The SMILES string of the molecule is Cc1cc(C)c(OCC(=O)N/N=C\c2cc(Br)c(Br)o2)c(Br)c1. The van der Waals surface area contributed by atoms with Crippen molar-refractivity contribution in [1.29, 1.82) is 0 Å². The molecule has 1 aromatic heterocycles. The first-order chi connectivity index (χ1) is 10.9. The third kappa shape index (κ3) is 5.19.